The number of benzene rings is 1. The Morgan fingerprint density at radius 2 is 1.95 bits per heavy atom. The van der Waals surface area contributed by atoms with Crippen molar-refractivity contribution in [3.8, 4) is 0 Å². The van der Waals surface area contributed by atoms with E-state index in [1.165, 1.54) is 11.4 Å². The molecular formula is C18H30N2O. The Kier molecular flexibility index (Phi) is 4.82. The van der Waals surface area contributed by atoms with Gasteiger partial charge in [-0.2, -0.15) is 0 Å². The zero-order valence-electron chi connectivity index (χ0n) is 14.3. The van der Waals surface area contributed by atoms with Crippen LogP contribution in [0.3, 0.4) is 0 Å². The number of ether oxygens (including phenoxy) is 1. The Morgan fingerprint density at radius 3 is 2.52 bits per heavy atom. The molecule has 2 atom stereocenters. The van der Waals surface area contributed by atoms with Crippen LogP contribution < -0.4 is 10.2 Å². The molecule has 1 aromatic rings. The van der Waals surface area contributed by atoms with Crippen molar-refractivity contribution in [1.82, 2.24) is 0 Å². The van der Waals surface area contributed by atoms with Gasteiger partial charge in [0, 0.05) is 32.2 Å². The number of nitrogens with one attached hydrogen (secondary N) is 1. The lowest BCUT2D eigenvalue weighted by Crippen LogP contribution is -2.58. The van der Waals surface area contributed by atoms with Crippen LogP contribution in [0.4, 0.5) is 11.4 Å². The minimum Gasteiger partial charge on any atom is -0.380 e. The van der Waals surface area contributed by atoms with E-state index < -0.39 is 0 Å². The summed E-state index contributed by atoms with van der Waals surface area (Å²) in [5.74, 6) is 0.599. The second-order valence-corrected chi connectivity index (χ2v) is 7.38. The molecule has 0 spiro atoms. The molecule has 0 saturated heterocycles. The van der Waals surface area contributed by atoms with Gasteiger partial charge in [-0.15, -0.1) is 0 Å². The summed E-state index contributed by atoms with van der Waals surface area (Å²) in [6.45, 7) is 9.87. The topological polar surface area (TPSA) is 24.5 Å². The molecule has 0 aliphatic heterocycles. The summed E-state index contributed by atoms with van der Waals surface area (Å²) < 4.78 is 6.05. The number of hydrogen-bond donors (Lipinski definition) is 1. The molecule has 0 radical (unpaired) electrons. The van der Waals surface area contributed by atoms with Crippen LogP contribution in [0.5, 0.6) is 0 Å². The van der Waals surface area contributed by atoms with Crippen LogP contribution in [0.25, 0.3) is 0 Å². The molecule has 1 aromatic carbocycles. The van der Waals surface area contributed by atoms with Crippen LogP contribution in [0.15, 0.2) is 24.3 Å². The van der Waals surface area contributed by atoms with E-state index in [9.17, 15) is 0 Å². The molecule has 2 unspecified atom stereocenters. The van der Waals surface area contributed by atoms with Crippen LogP contribution in [0.1, 0.15) is 34.1 Å². The fourth-order valence-corrected chi connectivity index (χ4v) is 2.90. The molecule has 3 nitrogen and oxygen atoms in total. The monoisotopic (exact) mass is 290 g/mol. The molecule has 0 bridgehead atoms. The van der Waals surface area contributed by atoms with E-state index in [1.54, 1.807) is 0 Å². The molecule has 0 aromatic heterocycles. The number of rotatable bonds is 6. The van der Waals surface area contributed by atoms with E-state index in [0.717, 1.165) is 13.0 Å². The molecule has 1 saturated carbocycles. The molecule has 21 heavy (non-hydrogen) atoms. The Labute approximate surface area is 129 Å². The van der Waals surface area contributed by atoms with Gasteiger partial charge < -0.3 is 15.0 Å². The van der Waals surface area contributed by atoms with Crippen LogP contribution in [0, 0.1) is 11.3 Å². The van der Waals surface area contributed by atoms with Crippen LogP contribution in [0.2, 0.25) is 0 Å². The maximum Gasteiger partial charge on any atom is 0.0665 e. The van der Waals surface area contributed by atoms with Crippen molar-refractivity contribution in [1.29, 1.82) is 0 Å². The smallest absolute Gasteiger partial charge is 0.0665 e. The lowest BCUT2D eigenvalue weighted by Gasteiger charge is -2.52. The van der Waals surface area contributed by atoms with Crippen molar-refractivity contribution in [2.45, 2.75) is 46.3 Å². The average molecular weight is 290 g/mol. The van der Waals surface area contributed by atoms with E-state index in [1.807, 2.05) is 0 Å². The van der Waals surface area contributed by atoms with Gasteiger partial charge >= 0.3 is 0 Å². The Hall–Kier alpha value is -1.22. The molecule has 3 heteroatoms. The predicted octanol–water partition coefficient (Wildman–Crippen LogP) is 4.00. The zero-order valence-corrected chi connectivity index (χ0v) is 14.3. The molecule has 1 aliphatic carbocycles. The highest BCUT2D eigenvalue weighted by atomic mass is 16.5. The number of hydrogen-bond acceptors (Lipinski definition) is 3. The number of para-hydroxylation sites is 2. The lowest BCUT2D eigenvalue weighted by atomic mass is 9.64. The van der Waals surface area contributed by atoms with Crippen LogP contribution in [-0.2, 0) is 4.74 Å². The van der Waals surface area contributed by atoms with Crippen LogP contribution in [-0.4, -0.2) is 32.8 Å². The van der Waals surface area contributed by atoms with E-state index in [4.69, 9.17) is 4.74 Å². The average Bonchev–Trinajstić information content (AvgIpc) is 2.41. The van der Waals surface area contributed by atoms with Gasteiger partial charge in [0.15, 0.2) is 0 Å². The molecule has 118 valence electrons. The van der Waals surface area contributed by atoms with Crippen molar-refractivity contribution < 1.29 is 4.74 Å². The molecule has 0 amide bonds. The quantitative estimate of drug-likeness (QED) is 0.857. The third-order valence-corrected chi connectivity index (χ3v) is 4.52. The highest BCUT2D eigenvalue weighted by molar-refractivity contribution is 5.70. The summed E-state index contributed by atoms with van der Waals surface area (Å²) >= 11 is 0. The van der Waals surface area contributed by atoms with Gasteiger partial charge in [-0.3, -0.25) is 0 Å². The highest BCUT2D eigenvalue weighted by Crippen LogP contribution is 2.45. The minimum atomic E-state index is 0.175. The summed E-state index contributed by atoms with van der Waals surface area (Å²) in [7, 11) is 4.17. The van der Waals surface area contributed by atoms with Gasteiger partial charge in [0.25, 0.3) is 0 Å². The van der Waals surface area contributed by atoms with Crippen molar-refractivity contribution in [3.63, 3.8) is 0 Å². The summed E-state index contributed by atoms with van der Waals surface area (Å²) in [5, 5.41) is 3.71. The van der Waals surface area contributed by atoms with E-state index in [-0.39, 0.29) is 5.41 Å². The zero-order chi connectivity index (χ0) is 15.6. The summed E-state index contributed by atoms with van der Waals surface area (Å²) in [6, 6.07) is 8.96. The molecule has 0 heterocycles. The van der Waals surface area contributed by atoms with Gasteiger partial charge in [-0.05, 0) is 24.5 Å². The first-order chi connectivity index (χ1) is 9.82. The Balaban J connectivity index is 1.99. The molecule has 2 rings (SSSR count). The van der Waals surface area contributed by atoms with Crippen molar-refractivity contribution in [2.75, 3.05) is 30.9 Å². The molecule has 1 aliphatic rings. The maximum absolute atomic E-state index is 6.05. The van der Waals surface area contributed by atoms with Gasteiger partial charge in [-0.1, -0.05) is 39.8 Å². The molecule has 1 N–H and O–H groups in total. The van der Waals surface area contributed by atoms with Crippen molar-refractivity contribution >= 4 is 11.4 Å². The van der Waals surface area contributed by atoms with Gasteiger partial charge in [0.1, 0.15) is 0 Å². The van der Waals surface area contributed by atoms with Crippen LogP contribution >= 0.6 is 0 Å². The molecular weight excluding hydrogens is 260 g/mol. The van der Waals surface area contributed by atoms with Crippen molar-refractivity contribution in [3.05, 3.63) is 24.3 Å². The number of nitrogens with zero attached hydrogens (tertiary/aromatic N) is 1. The first-order valence-electron chi connectivity index (χ1n) is 7.97. The second-order valence-electron chi connectivity index (χ2n) is 7.38. The minimum absolute atomic E-state index is 0.175. The van der Waals surface area contributed by atoms with Gasteiger partial charge in [0.05, 0.1) is 17.5 Å². The Bertz CT molecular complexity index is 468. The van der Waals surface area contributed by atoms with Gasteiger partial charge in [0.2, 0.25) is 0 Å². The third-order valence-electron chi connectivity index (χ3n) is 4.52. The third kappa shape index (κ3) is 3.52. The number of anilines is 2. The van der Waals surface area contributed by atoms with Gasteiger partial charge in [-0.25, -0.2) is 0 Å². The van der Waals surface area contributed by atoms with Crippen molar-refractivity contribution in [2.24, 2.45) is 11.3 Å². The fourth-order valence-electron chi connectivity index (χ4n) is 2.90. The Morgan fingerprint density at radius 1 is 1.29 bits per heavy atom. The maximum atomic E-state index is 6.05. The first-order valence-corrected chi connectivity index (χ1v) is 7.97. The van der Waals surface area contributed by atoms with E-state index >= 15 is 0 Å². The first kappa shape index (κ1) is 16.2. The normalized spacial score (nSPS) is 23.8. The fraction of sp³-hybridized carbons (Fsp3) is 0.667. The largest absolute Gasteiger partial charge is 0.380 e. The summed E-state index contributed by atoms with van der Waals surface area (Å²) in [4.78, 5) is 2.15. The van der Waals surface area contributed by atoms with E-state index in [0.29, 0.717) is 18.1 Å². The lowest BCUT2D eigenvalue weighted by molar-refractivity contribution is -0.108. The highest BCUT2D eigenvalue weighted by Gasteiger charge is 2.49. The SMILES string of the molecule is CC(C)COC1CC(Nc2ccccc2N(C)C)C1(C)C. The predicted molar refractivity (Wildman–Crippen MR) is 91.2 cm³/mol. The summed E-state index contributed by atoms with van der Waals surface area (Å²) in [6.07, 6.45) is 1.45. The standard InChI is InChI=1S/C18H30N2O/c1-13(2)12-21-17-11-16(18(17,3)4)19-14-9-7-8-10-15(14)20(5)6/h7-10,13,16-17,19H,11-12H2,1-6H3. The molecule has 1 fully saturated rings. The van der Waals surface area contributed by atoms with E-state index in [2.05, 4.69) is 76.3 Å². The second kappa shape index (κ2) is 6.27. The summed E-state index contributed by atoms with van der Waals surface area (Å²) in [5.41, 5.74) is 2.62.